The van der Waals surface area contributed by atoms with Crippen LogP contribution in [0, 0.1) is 5.82 Å². The zero-order valence-corrected chi connectivity index (χ0v) is 19.5. The van der Waals surface area contributed by atoms with Gasteiger partial charge in [0, 0.05) is 22.8 Å². The third-order valence-corrected chi connectivity index (χ3v) is 4.98. The van der Waals surface area contributed by atoms with Gasteiger partial charge in [-0.3, -0.25) is 0 Å². The first-order valence-electron chi connectivity index (χ1n) is 10.5. The number of halogens is 1. The van der Waals surface area contributed by atoms with Gasteiger partial charge in [0.05, 0.1) is 0 Å². The fourth-order valence-corrected chi connectivity index (χ4v) is 2.99. The third kappa shape index (κ3) is 5.78. The average molecular weight is 461 g/mol. The molecule has 0 saturated carbocycles. The molecule has 3 rings (SSSR count). The molecule has 0 aliphatic rings. The van der Waals surface area contributed by atoms with Crippen LogP contribution in [0.1, 0.15) is 27.7 Å². The zero-order valence-electron chi connectivity index (χ0n) is 19.5. The number of hydrogen-bond acceptors (Lipinski definition) is 5. The first-order chi connectivity index (χ1) is 16.0. The summed E-state index contributed by atoms with van der Waals surface area (Å²) in [7, 11) is 0. The van der Waals surface area contributed by atoms with Gasteiger partial charge in [-0.1, -0.05) is 31.4 Å². The molecule has 3 aromatic rings. The van der Waals surface area contributed by atoms with Gasteiger partial charge in [0.25, 0.3) is 0 Å². The fourth-order valence-electron chi connectivity index (χ4n) is 2.99. The molecule has 0 bridgehead atoms. The standard InChI is InChI=1S/C28H25FO5/c1-16(2)27(30)33-19(6)18(5)32-23-10-9-20-13-22(8-7-21(20)14-23)25-12-11-24(15-26(25)29)34-28(31)17(3)4/h7-15H,1,3H2,2,4-6H3/b19-18+. The van der Waals surface area contributed by atoms with Crippen LogP contribution in [0.25, 0.3) is 21.9 Å². The van der Waals surface area contributed by atoms with Crippen molar-refractivity contribution >= 4 is 22.7 Å². The van der Waals surface area contributed by atoms with E-state index in [1.54, 1.807) is 45.0 Å². The van der Waals surface area contributed by atoms with Crippen molar-refractivity contribution in [2.45, 2.75) is 27.7 Å². The molecule has 0 aliphatic carbocycles. The molecule has 0 spiro atoms. The van der Waals surface area contributed by atoms with Gasteiger partial charge in [-0.2, -0.15) is 0 Å². The summed E-state index contributed by atoms with van der Waals surface area (Å²) in [6.45, 7) is 13.5. The Morgan fingerprint density at radius 3 is 1.94 bits per heavy atom. The molecule has 0 aliphatic heterocycles. The maximum atomic E-state index is 14.7. The summed E-state index contributed by atoms with van der Waals surface area (Å²) in [6, 6.07) is 15.3. The van der Waals surface area contributed by atoms with Crippen molar-refractivity contribution in [1.82, 2.24) is 0 Å². The highest BCUT2D eigenvalue weighted by Crippen LogP contribution is 2.31. The van der Waals surface area contributed by atoms with Crippen LogP contribution in [0.15, 0.2) is 90.4 Å². The molecule has 174 valence electrons. The van der Waals surface area contributed by atoms with Crippen LogP contribution in [-0.2, 0) is 14.3 Å². The lowest BCUT2D eigenvalue weighted by Gasteiger charge is -2.12. The monoisotopic (exact) mass is 460 g/mol. The lowest BCUT2D eigenvalue weighted by Crippen LogP contribution is -2.08. The Labute approximate surface area is 197 Å². The molecule has 34 heavy (non-hydrogen) atoms. The van der Waals surface area contributed by atoms with Crippen LogP contribution in [0.2, 0.25) is 0 Å². The van der Waals surface area contributed by atoms with Gasteiger partial charge in [0.2, 0.25) is 0 Å². The van der Waals surface area contributed by atoms with Crippen LogP contribution in [0.4, 0.5) is 4.39 Å². The summed E-state index contributed by atoms with van der Waals surface area (Å²) in [5.74, 6) is -0.156. The fraction of sp³-hybridized carbons (Fsp3) is 0.143. The molecule has 0 N–H and O–H groups in total. The minimum Gasteiger partial charge on any atom is -0.458 e. The van der Waals surface area contributed by atoms with E-state index in [0.717, 1.165) is 10.8 Å². The Bertz CT molecular complexity index is 1350. The number of benzene rings is 3. The second kappa shape index (κ2) is 10.2. The predicted molar refractivity (Wildman–Crippen MR) is 130 cm³/mol. The van der Waals surface area contributed by atoms with Crippen molar-refractivity contribution in [2.24, 2.45) is 0 Å². The smallest absolute Gasteiger partial charge is 0.338 e. The number of carbonyl (C=O) groups excluding carboxylic acids is 2. The highest BCUT2D eigenvalue weighted by molar-refractivity contribution is 5.90. The highest BCUT2D eigenvalue weighted by Gasteiger charge is 2.12. The van der Waals surface area contributed by atoms with Crippen molar-refractivity contribution in [2.75, 3.05) is 0 Å². The molecule has 3 aromatic carbocycles. The highest BCUT2D eigenvalue weighted by atomic mass is 19.1. The van der Waals surface area contributed by atoms with E-state index in [9.17, 15) is 14.0 Å². The van der Waals surface area contributed by atoms with Crippen LogP contribution in [-0.4, -0.2) is 11.9 Å². The van der Waals surface area contributed by atoms with Crippen molar-refractivity contribution in [3.8, 4) is 22.6 Å². The maximum absolute atomic E-state index is 14.7. The number of ether oxygens (including phenoxy) is 3. The van der Waals surface area contributed by atoms with Gasteiger partial charge in [0.1, 0.15) is 28.8 Å². The molecule has 0 atom stereocenters. The summed E-state index contributed by atoms with van der Waals surface area (Å²) in [6.07, 6.45) is 0. The van der Waals surface area contributed by atoms with Gasteiger partial charge >= 0.3 is 11.9 Å². The largest absolute Gasteiger partial charge is 0.458 e. The molecule has 0 saturated heterocycles. The summed E-state index contributed by atoms with van der Waals surface area (Å²) >= 11 is 0. The predicted octanol–water partition coefficient (Wildman–Crippen LogP) is 6.88. The normalized spacial score (nSPS) is 11.4. The zero-order chi connectivity index (χ0) is 25.0. The lowest BCUT2D eigenvalue weighted by atomic mass is 10.0. The summed E-state index contributed by atoms with van der Waals surface area (Å²) in [5.41, 5.74) is 1.59. The van der Waals surface area contributed by atoms with Crippen molar-refractivity contribution < 1.29 is 28.2 Å². The average Bonchev–Trinajstić information content (AvgIpc) is 2.78. The molecule has 0 unspecified atom stereocenters. The summed E-state index contributed by atoms with van der Waals surface area (Å²) in [5, 5.41) is 1.77. The number of carbonyl (C=O) groups is 2. The molecule has 0 radical (unpaired) electrons. The molecule has 0 heterocycles. The van der Waals surface area contributed by atoms with E-state index in [4.69, 9.17) is 14.2 Å². The van der Waals surface area contributed by atoms with Crippen LogP contribution in [0.3, 0.4) is 0 Å². The molecule has 0 amide bonds. The van der Waals surface area contributed by atoms with Crippen molar-refractivity contribution in [3.63, 3.8) is 0 Å². The van der Waals surface area contributed by atoms with Crippen molar-refractivity contribution in [1.29, 1.82) is 0 Å². The van der Waals surface area contributed by atoms with E-state index >= 15 is 0 Å². The molecular formula is C28H25FO5. The van der Waals surface area contributed by atoms with Crippen LogP contribution in [0.5, 0.6) is 11.5 Å². The van der Waals surface area contributed by atoms with Crippen LogP contribution >= 0.6 is 0 Å². The Hall–Kier alpha value is -4.19. The molecule has 0 aromatic heterocycles. The number of fused-ring (bicyclic) bond motifs is 1. The Balaban J connectivity index is 1.82. The third-order valence-electron chi connectivity index (χ3n) is 4.98. The number of allylic oxidation sites excluding steroid dienone is 2. The summed E-state index contributed by atoms with van der Waals surface area (Å²) in [4.78, 5) is 23.3. The van der Waals surface area contributed by atoms with E-state index < -0.39 is 17.8 Å². The topological polar surface area (TPSA) is 61.8 Å². The first-order valence-corrected chi connectivity index (χ1v) is 10.5. The Kier molecular flexibility index (Phi) is 7.31. The maximum Gasteiger partial charge on any atom is 0.338 e. The van der Waals surface area contributed by atoms with E-state index in [2.05, 4.69) is 13.2 Å². The molecule has 6 heteroatoms. The van der Waals surface area contributed by atoms with E-state index in [0.29, 0.717) is 34.0 Å². The van der Waals surface area contributed by atoms with Gasteiger partial charge < -0.3 is 14.2 Å². The second-order valence-corrected chi connectivity index (χ2v) is 7.92. The van der Waals surface area contributed by atoms with Crippen LogP contribution < -0.4 is 9.47 Å². The second-order valence-electron chi connectivity index (χ2n) is 7.92. The summed E-state index contributed by atoms with van der Waals surface area (Å²) < 4.78 is 30.8. The Morgan fingerprint density at radius 1 is 0.706 bits per heavy atom. The SMILES string of the molecule is C=C(C)C(=O)O/C(C)=C(\C)Oc1ccc2cc(-c3ccc(OC(=O)C(=C)C)cc3F)ccc2c1. The molecule has 5 nitrogen and oxygen atoms in total. The van der Waals surface area contributed by atoms with Gasteiger partial charge in [-0.15, -0.1) is 0 Å². The van der Waals surface area contributed by atoms with E-state index in [-0.39, 0.29) is 11.3 Å². The van der Waals surface area contributed by atoms with Gasteiger partial charge in [-0.25, -0.2) is 14.0 Å². The van der Waals surface area contributed by atoms with Crippen molar-refractivity contribution in [3.05, 3.63) is 96.2 Å². The quantitative estimate of drug-likeness (QED) is 0.167. The van der Waals surface area contributed by atoms with Gasteiger partial charge in [0.15, 0.2) is 0 Å². The molecular weight excluding hydrogens is 435 g/mol. The lowest BCUT2D eigenvalue weighted by molar-refractivity contribution is -0.135. The number of esters is 2. The van der Waals surface area contributed by atoms with E-state index in [1.807, 2.05) is 24.3 Å². The molecule has 0 fully saturated rings. The number of hydrogen-bond donors (Lipinski definition) is 0. The van der Waals surface area contributed by atoms with Gasteiger partial charge in [-0.05, 0) is 74.4 Å². The first kappa shape index (κ1) is 24.5. The minimum atomic E-state index is -0.606. The van der Waals surface area contributed by atoms with E-state index in [1.165, 1.54) is 13.0 Å². The Morgan fingerprint density at radius 2 is 1.29 bits per heavy atom. The number of rotatable bonds is 7. The minimum absolute atomic E-state index is 0.115.